The maximum Gasteiger partial charge on any atom is 0.0767 e. The van der Waals surface area contributed by atoms with Gasteiger partial charge in [-0.25, -0.2) is 0 Å². The first-order valence-corrected chi connectivity index (χ1v) is 7.42. The minimum Gasteiger partial charge on any atom is -0.376 e. The molecule has 0 amide bonds. The van der Waals surface area contributed by atoms with Crippen molar-refractivity contribution in [1.29, 1.82) is 0 Å². The molecule has 18 heavy (non-hydrogen) atoms. The van der Waals surface area contributed by atoms with Gasteiger partial charge in [-0.1, -0.05) is 65.3 Å². The lowest BCUT2D eigenvalue weighted by atomic mass is 9.94. The van der Waals surface area contributed by atoms with Crippen LogP contribution in [0.2, 0.25) is 0 Å². The molecular formula is C16H17BrO. The Kier molecular flexibility index (Phi) is 3.40. The number of halogens is 1. The molecule has 0 aromatic heterocycles. The number of benzene rings is 2. The number of alkyl halides is 1. The van der Waals surface area contributed by atoms with Gasteiger partial charge in [0.1, 0.15) is 0 Å². The van der Waals surface area contributed by atoms with Gasteiger partial charge in [-0.15, -0.1) is 0 Å². The van der Waals surface area contributed by atoms with Crippen LogP contribution < -0.4 is 0 Å². The molecule has 3 rings (SSSR count). The minimum atomic E-state index is 0.279. The lowest BCUT2D eigenvalue weighted by molar-refractivity contribution is 0.0937. The average Bonchev–Trinajstić information content (AvgIpc) is 2.83. The van der Waals surface area contributed by atoms with E-state index < -0.39 is 0 Å². The molecular weight excluding hydrogens is 288 g/mol. The first-order valence-electron chi connectivity index (χ1n) is 6.50. The van der Waals surface area contributed by atoms with E-state index in [2.05, 4.69) is 65.3 Å². The largest absolute Gasteiger partial charge is 0.376 e. The predicted octanol–water partition coefficient (Wildman–Crippen LogP) is 4.70. The molecule has 0 aliphatic carbocycles. The second kappa shape index (κ2) is 5.02. The second-order valence-corrected chi connectivity index (χ2v) is 6.06. The molecule has 0 spiro atoms. The molecule has 1 aliphatic rings. The van der Waals surface area contributed by atoms with Gasteiger partial charge in [0.05, 0.1) is 10.9 Å². The molecule has 1 nitrogen and oxygen atoms in total. The van der Waals surface area contributed by atoms with E-state index in [1.54, 1.807) is 0 Å². The lowest BCUT2D eigenvalue weighted by Gasteiger charge is -2.22. The summed E-state index contributed by atoms with van der Waals surface area (Å²) in [5.74, 6) is 0.619. The van der Waals surface area contributed by atoms with Crippen molar-refractivity contribution in [2.45, 2.75) is 24.3 Å². The van der Waals surface area contributed by atoms with E-state index in [0.717, 1.165) is 13.0 Å². The van der Waals surface area contributed by atoms with Crippen molar-refractivity contribution >= 4 is 26.7 Å². The summed E-state index contributed by atoms with van der Waals surface area (Å²) in [6, 6.07) is 15.0. The molecule has 0 bridgehead atoms. The van der Waals surface area contributed by atoms with Crippen LogP contribution in [0.1, 0.15) is 23.7 Å². The topological polar surface area (TPSA) is 9.23 Å². The van der Waals surface area contributed by atoms with Crippen LogP contribution in [0.3, 0.4) is 0 Å². The van der Waals surface area contributed by atoms with E-state index >= 15 is 0 Å². The van der Waals surface area contributed by atoms with Crippen LogP contribution in [0.5, 0.6) is 0 Å². The van der Waals surface area contributed by atoms with Gasteiger partial charge in [-0.3, -0.25) is 0 Å². The van der Waals surface area contributed by atoms with Gasteiger partial charge in [0.15, 0.2) is 0 Å². The fraction of sp³-hybridized carbons (Fsp3) is 0.375. The summed E-state index contributed by atoms with van der Waals surface area (Å²) in [5, 5.41) is 2.62. The molecule has 94 valence electrons. The minimum absolute atomic E-state index is 0.279. The zero-order valence-corrected chi connectivity index (χ0v) is 12.1. The molecule has 2 heteroatoms. The number of rotatable bonds is 2. The van der Waals surface area contributed by atoms with Crippen molar-refractivity contribution in [3.63, 3.8) is 0 Å². The third-order valence-electron chi connectivity index (χ3n) is 3.85. The van der Waals surface area contributed by atoms with E-state index in [1.165, 1.54) is 16.3 Å². The van der Waals surface area contributed by atoms with Gasteiger partial charge in [-0.2, -0.15) is 0 Å². The standard InChI is InChI=1S/C16H17BrO/c1-11-9-10-18-16(11)15(17)14-8-4-6-12-5-2-3-7-13(12)14/h2-8,11,15-16H,9-10H2,1H3. The summed E-state index contributed by atoms with van der Waals surface area (Å²) in [6.45, 7) is 3.16. The molecule has 0 saturated carbocycles. The zero-order chi connectivity index (χ0) is 12.5. The molecule has 1 heterocycles. The highest BCUT2D eigenvalue weighted by atomic mass is 79.9. The number of fused-ring (bicyclic) bond motifs is 1. The Hall–Kier alpha value is -0.860. The Labute approximate surface area is 116 Å². The summed E-state index contributed by atoms with van der Waals surface area (Å²) < 4.78 is 5.88. The van der Waals surface area contributed by atoms with Gasteiger partial charge < -0.3 is 4.74 Å². The normalized spacial score (nSPS) is 25.4. The van der Waals surface area contributed by atoms with Gasteiger partial charge in [0, 0.05) is 6.61 Å². The first-order chi connectivity index (χ1) is 8.77. The second-order valence-electron chi connectivity index (χ2n) is 5.07. The van der Waals surface area contributed by atoms with Crippen molar-refractivity contribution in [3.05, 3.63) is 48.0 Å². The van der Waals surface area contributed by atoms with Crippen molar-refractivity contribution in [2.75, 3.05) is 6.61 Å². The van der Waals surface area contributed by atoms with E-state index in [9.17, 15) is 0 Å². The van der Waals surface area contributed by atoms with Crippen LogP contribution in [-0.2, 0) is 4.74 Å². The highest BCUT2D eigenvalue weighted by molar-refractivity contribution is 9.09. The molecule has 3 unspecified atom stereocenters. The van der Waals surface area contributed by atoms with Crippen molar-refractivity contribution in [2.24, 2.45) is 5.92 Å². The zero-order valence-electron chi connectivity index (χ0n) is 10.5. The highest BCUT2D eigenvalue weighted by Gasteiger charge is 2.32. The van der Waals surface area contributed by atoms with Gasteiger partial charge in [-0.05, 0) is 28.7 Å². The quantitative estimate of drug-likeness (QED) is 0.731. The van der Waals surface area contributed by atoms with E-state index in [-0.39, 0.29) is 10.9 Å². The molecule has 0 N–H and O–H groups in total. The maximum atomic E-state index is 5.88. The van der Waals surface area contributed by atoms with E-state index in [1.807, 2.05) is 0 Å². The van der Waals surface area contributed by atoms with Crippen molar-refractivity contribution in [1.82, 2.24) is 0 Å². The third kappa shape index (κ3) is 2.08. The Morgan fingerprint density at radius 1 is 1.17 bits per heavy atom. The maximum absolute atomic E-state index is 5.88. The van der Waals surface area contributed by atoms with Crippen LogP contribution in [0.15, 0.2) is 42.5 Å². The monoisotopic (exact) mass is 304 g/mol. The summed E-state index contributed by atoms with van der Waals surface area (Å²) in [7, 11) is 0. The average molecular weight is 305 g/mol. The third-order valence-corrected chi connectivity index (χ3v) is 4.87. The van der Waals surface area contributed by atoms with Gasteiger partial charge >= 0.3 is 0 Å². The van der Waals surface area contributed by atoms with E-state index in [4.69, 9.17) is 4.74 Å². The molecule has 0 radical (unpaired) electrons. The van der Waals surface area contributed by atoms with Gasteiger partial charge in [0.25, 0.3) is 0 Å². The summed E-state index contributed by atoms with van der Waals surface area (Å²) in [5.41, 5.74) is 1.34. The van der Waals surface area contributed by atoms with Gasteiger partial charge in [0.2, 0.25) is 0 Å². The number of hydrogen-bond donors (Lipinski definition) is 0. The van der Waals surface area contributed by atoms with E-state index in [0.29, 0.717) is 5.92 Å². The summed E-state index contributed by atoms with van der Waals surface area (Å²) in [4.78, 5) is 0.279. The highest BCUT2D eigenvalue weighted by Crippen LogP contribution is 2.39. The molecule has 1 fully saturated rings. The molecule has 3 atom stereocenters. The summed E-state index contributed by atoms with van der Waals surface area (Å²) in [6.07, 6.45) is 1.45. The van der Waals surface area contributed by atoms with Crippen LogP contribution in [0.25, 0.3) is 10.8 Å². The fourth-order valence-corrected chi connectivity index (χ4v) is 3.83. The Bertz CT molecular complexity index is 546. The molecule has 1 aliphatic heterocycles. The fourth-order valence-electron chi connectivity index (χ4n) is 2.76. The van der Waals surface area contributed by atoms with Crippen LogP contribution in [0.4, 0.5) is 0 Å². The molecule has 1 saturated heterocycles. The predicted molar refractivity (Wildman–Crippen MR) is 79.1 cm³/mol. The van der Waals surface area contributed by atoms with Crippen molar-refractivity contribution in [3.8, 4) is 0 Å². The first kappa shape index (κ1) is 12.2. The lowest BCUT2D eigenvalue weighted by Crippen LogP contribution is -2.19. The Morgan fingerprint density at radius 2 is 1.94 bits per heavy atom. The summed E-state index contributed by atoms with van der Waals surface area (Å²) >= 11 is 3.85. The number of hydrogen-bond acceptors (Lipinski definition) is 1. The van der Waals surface area contributed by atoms with Crippen LogP contribution in [-0.4, -0.2) is 12.7 Å². The molecule has 2 aromatic carbocycles. The van der Waals surface area contributed by atoms with Crippen molar-refractivity contribution < 1.29 is 4.74 Å². The van der Waals surface area contributed by atoms with Crippen LogP contribution in [0, 0.1) is 5.92 Å². The smallest absolute Gasteiger partial charge is 0.0767 e. The SMILES string of the molecule is CC1CCOC1C(Br)c1cccc2ccccc12. The molecule has 2 aromatic rings. The Morgan fingerprint density at radius 3 is 2.72 bits per heavy atom. The Balaban J connectivity index is 2.03. The van der Waals surface area contributed by atoms with Crippen LogP contribution >= 0.6 is 15.9 Å². The number of ether oxygens (including phenoxy) is 1.